The van der Waals surface area contributed by atoms with Crippen molar-refractivity contribution in [2.45, 2.75) is 52.1 Å². The van der Waals surface area contributed by atoms with Crippen LogP contribution in [0, 0.1) is 6.92 Å². The lowest BCUT2D eigenvalue weighted by molar-refractivity contribution is -0.147. The van der Waals surface area contributed by atoms with Crippen LogP contribution >= 0.6 is 0 Å². The minimum absolute atomic E-state index is 0.134. The van der Waals surface area contributed by atoms with E-state index in [1.54, 1.807) is 4.90 Å². The highest BCUT2D eigenvalue weighted by molar-refractivity contribution is 6.39. The first-order valence-corrected chi connectivity index (χ1v) is 7.19. The summed E-state index contributed by atoms with van der Waals surface area (Å²) < 4.78 is 0. The van der Waals surface area contributed by atoms with Crippen LogP contribution in [0.1, 0.15) is 38.7 Å². The molecule has 0 aliphatic carbocycles. The van der Waals surface area contributed by atoms with Gasteiger partial charge in [0.1, 0.15) is 0 Å². The van der Waals surface area contributed by atoms with Gasteiger partial charge >= 0.3 is 11.8 Å². The second-order valence-corrected chi connectivity index (χ2v) is 5.66. The summed E-state index contributed by atoms with van der Waals surface area (Å²) in [6, 6.07) is 7.70. The Morgan fingerprint density at radius 1 is 1.10 bits per heavy atom. The second kappa shape index (κ2) is 6.07. The summed E-state index contributed by atoms with van der Waals surface area (Å²) in [5.74, 6) is -0.972. The summed E-state index contributed by atoms with van der Waals surface area (Å²) in [7, 11) is 0. The zero-order chi connectivity index (χ0) is 14.7. The molecule has 20 heavy (non-hydrogen) atoms. The van der Waals surface area contributed by atoms with Crippen LogP contribution in [0.5, 0.6) is 0 Å². The monoisotopic (exact) mass is 274 g/mol. The van der Waals surface area contributed by atoms with Crippen molar-refractivity contribution >= 4 is 17.5 Å². The topological polar surface area (TPSA) is 49.4 Å². The van der Waals surface area contributed by atoms with E-state index in [0.717, 1.165) is 24.8 Å². The van der Waals surface area contributed by atoms with Crippen molar-refractivity contribution in [3.05, 3.63) is 29.8 Å². The van der Waals surface area contributed by atoms with E-state index in [9.17, 15) is 9.59 Å². The number of rotatable bonds is 1. The first kappa shape index (κ1) is 14.6. The first-order valence-electron chi connectivity index (χ1n) is 7.19. The third-order valence-electron chi connectivity index (χ3n) is 3.93. The van der Waals surface area contributed by atoms with Gasteiger partial charge in [-0.25, -0.2) is 0 Å². The quantitative estimate of drug-likeness (QED) is 0.800. The Morgan fingerprint density at radius 2 is 1.65 bits per heavy atom. The predicted octanol–water partition coefficient (Wildman–Crippen LogP) is 2.72. The van der Waals surface area contributed by atoms with Crippen LogP contribution in [0.25, 0.3) is 0 Å². The number of piperidine rings is 1. The minimum atomic E-state index is -0.547. The molecular weight excluding hydrogens is 252 g/mol. The SMILES string of the molecule is Cc1ccc(NC(=O)C(=O)N2C(C)CCCC2C)cc1. The van der Waals surface area contributed by atoms with Crippen LogP contribution in [-0.4, -0.2) is 28.8 Å². The van der Waals surface area contributed by atoms with Crippen LogP contribution in [-0.2, 0) is 9.59 Å². The average molecular weight is 274 g/mol. The maximum atomic E-state index is 12.3. The van der Waals surface area contributed by atoms with E-state index in [1.165, 1.54) is 0 Å². The molecule has 4 heteroatoms. The van der Waals surface area contributed by atoms with Crippen LogP contribution in [0.2, 0.25) is 0 Å². The molecule has 1 heterocycles. The molecule has 0 saturated carbocycles. The maximum absolute atomic E-state index is 12.3. The molecule has 0 spiro atoms. The number of nitrogens with zero attached hydrogens (tertiary/aromatic N) is 1. The molecule has 0 radical (unpaired) electrons. The summed E-state index contributed by atoms with van der Waals surface area (Å²) >= 11 is 0. The molecule has 0 bridgehead atoms. The fourth-order valence-electron chi connectivity index (χ4n) is 2.76. The third-order valence-corrected chi connectivity index (χ3v) is 3.93. The molecule has 0 aromatic heterocycles. The van der Waals surface area contributed by atoms with Crippen LogP contribution in [0.4, 0.5) is 5.69 Å². The minimum Gasteiger partial charge on any atom is -0.329 e. The van der Waals surface area contributed by atoms with Crippen LogP contribution in [0.15, 0.2) is 24.3 Å². The number of carbonyl (C=O) groups is 2. The highest BCUT2D eigenvalue weighted by atomic mass is 16.2. The lowest BCUT2D eigenvalue weighted by atomic mass is 9.97. The van der Waals surface area contributed by atoms with Gasteiger partial charge in [0.2, 0.25) is 0 Å². The Kier molecular flexibility index (Phi) is 4.42. The van der Waals surface area contributed by atoms with Crippen molar-refractivity contribution < 1.29 is 9.59 Å². The second-order valence-electron chi connectivity index (χ2n) is 5.66. The largest absolute Gasteiger partial charge is 0.329 e. The van der Waals surface area contributed by atoms with Crippen molar-refractivity contribution in [2.24, 2.45) is 0 Å². The number of carbonyl (C=O) groups excluding carboxylic acids is 2. The molecule has 1 aromatic carbocycles. The summed E-state index contributed by atoms with van der Waals surface area (Å²) in [6.45, 7) is 5.99. The molecule has 2 amide bonds. The molecule has 1 fully saturated rings. The molecular formula is C16H22N2O2. The van der Waals surface area contributed by atoms with Gasteiger partial charge < -0.3 is 10.2 Å². The molecule has 1 aliphatic heterocycles. The van der Waals surface area contributed by atoms with E-state index in [0.29, 0.717) is 5.69 Å². The number of amides is 2. The fraction of sp³-hybridized carbons (Fsp3) is 0.500. The van der Waals surface area contributed by atoms with Crippen molar-refractivity contribution in [3.63, 3.8) is 0 Å². The van der Waals surface area contributed by atoms with E-state index in [-0.39, 0.29) is 12.1 Å². The fourth-order valence-corrected chi connectivity index (χ4v) is 2.76. The Balaban J connectivity index is 2.04. The molecule has 1 aliphatic rings. The molecule has 2 rings (SSSR count). The average Bonchev–Trinajstić information content (AvgIpc) is 2.41. The van der Waals surface area contributed by atoms with E-state index < -0.39 is 11.8 Å². The lowest BCUT2D eigenvalue weighted by Crippen LogP contribution is -2.51. The van der Waals surface area contributed by atoms with E-state index in [1.807, 2.05) is 45.0 Å². The number of likely N-dealkylation sites (tertiary alicyclic amines) is 1. The zero-order valence-electron chi connectivity index (χ0n) is 12.3. The Labute approximate surface area is 120 Å². The normalized spacial score (nSPS) is 22.4. The van der Waals surface area contributed by atoms with Gasteiger partial charge in [0, 0.05) is 17.8 Å². The van der Waals surface area contributed by atoms with Gasteiger partial charge in [-0.3, -0.25) is 9.59 Å². The third kappa shape index (κ3) is 3.18. The standard InChI is InChI=1S/C16H22N2O2/c1-11-7-9-14(10-8-11)17-15(19)16(20)18-12(2)5-4-6-13(18)3/h7-10,12-13H,4-6H2,1-3H3,(H,17,19). The molecule has 108 valence electrons. The highest BCUT2D eigenvalue weighted by Crippen LogP contribution is 2.22. The number of hydrogen-bond donors (Lipinski definition) is 1. The smallest absolute Gasteiger partial charge is 0.313 e. The number of hydrogen-bond acceptors (Lipinski definition) is 2. The molecule has 4 nitrogen and oxygen atoms in total. The van der Waals surface area contributed by atoms with E-state index in [4.69, 9.17) is 0 Å². The first-order chi connectivity index (χ1) is 9.49. The van der Waals surface area contributed by atoms with Crippen molar-refractivity contribution in [1.82, 2.24) is 4.90 Å². The molecule has 2 unspecified atom stereocenters. The lowest BCUT2D eigenvalue weighted by Gasteiger charge is -2.38. The van der Waals surface area contributed by atoms with Gasteiger partial charge in [0.25, 0.3) is 0 Å². The zero-order valence-corrected chi connectivity index (χ0v) is 12.3. The maximum Gasteiger partial charge on any atom is 0.313 e. The molecule has 1 N–H and O–H groups in total. The van der Waals surface area contributed by atoms with Gasteiger partial charge in [-0.1, -0.05) is 17.7 Å². The van der Waals surface area contributed by atoms with Crippen molar-refractivity contribution in [2.75, 3.05) is 5.32 Å². The number of anilines is 1. The van der Waals surface area contributed by atoms with Crippen LogP contribution in [0.3, 0.4) is 0 Å². The Morgan fingerprint density at radius 3 is 2.20 bits per heavy atom. The predicted molar refractivity (Wildman–Crippen MR) is 79.4 cm³/mol. The van der Waals surface area contributed by atoms with Crippen molar-refractivity contribution in [3.8, 4) is 0 Å². The van der Waals surface area contributed by atoms with Crippen LogP contribution < -0.4 is 5.32 Å². The molecule has 1 aromatic rings. The van der Waals surface area contributed by atoms with Gasteiger partial charge in [-0.15, -0.1) is 0 Å². The number of nitrogens with one attached hydrogen (secondary N) is 1. The Hall–Kier alpha value is -1.84. The van der Waals surface area contributed by atoms with Gasteiger partial charge in [-0.05, 0) is 52.2 Å². The molecule has 2 atom stereocenters. The number of benzene rings is 1. The van der Waals surface area contributed by atoms with E-state index in [2.05, 4.69) is 5.32 Å². The molecule has 1 saturated heterocycles. The summed E-state index contributed by atoms with van der Waals surface area (Å²) in [5, 5.41) is 2.68. The summed E-state index contributed by atoms with van der Waals surface area (Å²) in [6.07, 6.45) is 3.05. The van der Waals surface area contributed by atoms with Gasteiger partial charge in [0.15, 0.2) is 0 Å². The Bertz CT molecular complexity index is 486. The van der Waals surface area contributed by atoms with Gasteiger partial charge in [-0.2, -0.15) is 0 Å². The number of aryl methyl sites for hydroxylation is 1. The van der Waals surface area contributed by atoms with Gasteiger partial charge in [0.05, 0.1) is 0 Å². The summed E-state index contributed by atoms with van der Waals surface area (Å²) in [5.41, 5.74) is 1.78. The van der Waals surface area contributed by atoms with E-state index >= 15 is 0 Å². The van der Waals surface area contributed by atoms with Crippen molar-refractivity contribution in [1.29, 1.82) is 0 Å². The summed E-state index contributed by atoms with van der Waals surface area (Å²) in [4.78, 5) is 26.1. The highest BCUT2D eigenvalue weighted by Gasteiger charge is 2.32.